The van der Waals surface area contributed by atoms with Crippen molar-refractivity contribution in [2.45, 2.75) is 18.7 Å². The standard InChI is InChI=1S/C20H14O2S4/c1-11-3-5-15(24-11)17-14-8-10-26(21,22)20(14)18(13-7-9-23-19(13)17)16-6-4-12(2)25-16/h3-10H,1-2H3. The van der Waals surface area contributed by atoms with E-state index in [4.69, 9.17) is 0 Å². The molecule has 0 unspecified atom stereocenters. The first-order valence-electron chi connectivity index (χ1n) is 8.09. The van der Waals surface area contributed by atoms with Crippen molar-refractivity contribution >= 4 is 60.0 Å². The van der Waals surface area contributed by atoms with Crippen LogP contribution in [-0.4, -0.2) is 8.42 Å². The monoisotopic (exact) mass is 414 g/mol. The second kappa shape index (κ2) is 5.63. The predicted octanol–water partition coefficient (Wildman–Crippen LogP) is 6.73. The predicted molar refractivity (Wildman–Crippen MR) is 114 cm³/mol. The van der Waals surface area contributed by atoms with Crippen LogP contribution in [0.1, 0.15) is 15.3 Å². The maximum absolute atomic E-state index is 12.9. The lowest BCUT2D eigenvalue weighted by Gasteiger charge is -2.14. The molecule has 0 bridgehead atoms. The van der Waals surface area contributed by atoms with Crippen molar-refractivity contribution in [3.63, 3.8) is 0 Å². The van der Waals surface area contributed by atoms with Crippen molar-refractivity contribution in [2.75, 3.05) is 0 Å². The van der Waals surface area contributed by atoms with Crippen molar-refractivity contribution in [3.8, 4) is 20.9 Å². The number of fused-ring (bicyclic) bond motifs is 2. The molecular weight excluding hydrogens is 400 g/mol. The number of sulfone groups is 1. The molecule has 1 aliphatic rings. The fraction of sp³-hybridized carbons (Fsp3) is 0.100. The Morgan fingerprint density at radius 3 is 2.12 bits per heavy atom. The first-order valence-corrected chi connectivity index (χ1v) is 12.2. The molecule has 0 saturated heterocycles. The number of hydrogen-bond acceptors (Lipinski definition) is 5. The maximum atomic E-state index is 12.9. The Labute approximate surface area is 164 Å². The lowest BCUT2D eigenvalue weighted by atomic mass is 9.98. The van der Waals surface area contributed by atoms with Crippen LogP contribution < -0.4 is 0 Å². The smallest absolute Gasteiger partial charge is 0.201 e. The summed E-state index contributed by atoms with van der Waals surface area (Å²) in [5, 5.41) is 4.45. The second-order valence-electron chi connectivity index (χ2n) is 6.32. The molecule has 0 fully saturated rings. The third-order valence-corrected chi connectivity index (χ3v) is 9.03. The molecule has 4 aromatic rings. The van der Waals surface area contributed by atoms with Gasteiger partial charge in [-0.15, -0.1) is 34.0 Å². The van der Waals surface area contributed by atoms with Gasteiger partial charge in [0.2, 0.25) is 9.84 Å². The molecule has 0 saturated carbocycles. The van der Waals surface area contributed by atoms with E-state index in [0.717, 1.165) is 36.5 Å². The quantitative estimate of drug-likeness (QED) is 0.364. The van der Waals surface area contributed by atoms with Crippen molar-refractivity contribution in [1.29, 1.82) is 0 Å². The summed E-state index contributed by atoms with van der Waals surface area (Å²) >= 11 is 5.04. The Balaban J connectivity index is 1.99. The summed E-state index contributed by atoms with van der Waals surface area (Å²) in [6.45, 7) is 4.13. The van der Waals surface area contributed by atoms with Gasteiger partial charge in [-0.1, -0.05) is 0 Å². The van der Waals surface area contributed by atoms with Gasteiger partial charge in [0.15, 0.2) is 0 Å². The van der Waals surface area contributed by atoms with E-state index < -0.39 is 9.84 Å². The normalized spacial score (nSPS) is 15.0. The summed E-state index contributed by atoms with van der Waals surface area (Å²) in [7, 11) is -3.43. The summed E-state index contributed by atoms with van der Waals surface area (Å²) in [5.74, 6) is 0. The van der Waals surface area contributed by atoms with Crippen LogP contribution in [0.25, 0.3) is 37.0 Å². The molecule has 1 aliphatic heterocycles. The summed E-state index contributed by atoms with van der Waals surface area (Å²) in [4.78, 5) is 5.01. The fourth-order valence-corrected chi connectivity index (χ4v) is 7.90. The Kier molecular flexibility index (Phi) is 3.56. The van der Waals surface area contributed by atoms with E-state index in [1.807, 2.05) is 6.07 Å². The summed E-state index contributed by atoms with van der Waals surface area (Å²) in [6.07, 6.45) is 1.78. The van der Waals surface area contributed by atoms with E-state index in [1.54, 1.807) is 40.1 Å². The van der Waals surface area contributed by atoms with E-state index in [9.17, 15) is 8.42 Å². The van der Waals surface area contributed by atoms with Gasteiger partial charge in [0.1, 0.15) is 0 Å². The van der Waals surface area contributed by atoms with E-state index in [0.29, 0.717) is 4.90 Å². The first kappa shape index (κ1) is 16.4. The van der Waals surface area contributed by atoms with Crippen molar-refractivity contribution in [1.82, 2.24) is 0 Å². The molecule has 6 heteroatoms. The third-order valence-electron chi connectivity index (χ3n) is 4.57. The Hall–Kier alpha value is -1.73. The van der Waals surface area contributed by atoms with E-state index in [2.05, 4.69) is 43.5 Å². The molecule has 2 nitrogen and oxygen atoms in total. The SMILES string of the molecule is Cc1ccc(-c2c3c(c(-c4ccc(C)s4)c4sccc24)C=CS3(=O)=O)s1. The van der Waals surface area contributed by atoms with Crippen LogP contribution >= 0.6 is 34.0 Å². The summed E-state index contributed by atoms with van der Waals surface area (Å²) in [6, 6.07) is 10.3. The van der Waals surface area contributed by atoms with Gasteiger partial charge in [-0.2, -0.15) is 0 Å². The largest absolute Gasteiger partial charge is 0.219 e. The molecular formula is C20H14O2S4. The lowest BCUT2D eigenvalue weighted by molar-refractivity contribution is 0.606. The first-order chi connectivity index (χ1) is 12.5. The fourth-order valence-electron chi connectivity index (χ4n) is 3.50. The van der Waals surface area contributed by atoms with Gasteiger partial charge >= 0.3 is 0 Å². The highest BCUT2D eigenvalue weighted by Gasteiger charge is 2.32. The van der Waals surface area contributed by atoms with Gasteiger partial charge < -0.3 is 0 Å². The molecule has 0 amide bonds. The van der Waals surface area contributed by atoms with E-state index in [-0.39, 0.29) is 0 Å². The molecule has 0 radical (unpaired) electrons. The second-order valence-corrected chi connectivity index (χ2v) is 11.6. The van der Waals surface area contributed by atoms with Gasteiger partial charge in [0, 0.05) is 51.7 Å². The summed E-state index contributed by atoms with van der Waals surface area (Å²) in [5.41, 5.74) is 2.75. The zero-order valence-electron chi connectivity index (χ0n) is 14.1. The number of aryl methyl sites for hydroxylation is 2. The van der Waals surface area contributed by atoms with Gasteiger partial charge in [-0.3, -0.25) is 0 Å². The minimum absolute atomic E-state index is 0.464. The van der Waals surface area contributed by atoms with E-state index in [1.165, 1.54) is 15.2 Å². The average Bonchev–Trinajstić information content (AvgIpc) is 3.35. The van der Waals surface area contributed by atoms with Gasteiger partial charge in [0.05, 0.1) is 4.90 Å². The third kappa shape index (κ3) is 2.29. The van der Waals surface area contributed by atoms with Crippen LogP contribution in [0, 0.1) is 13.8 Å². The highest BCUT2D eigenvalue weighted by Crippen LogP contribution is 2.51. The Morgan fingerprint density at radius 2 is 1.50 bits per heavy atom. The highest BCUT2D eigenvalue weighted by molar-refractivity contribution is 7.95. The van der Waals surface area contributed by atoms with Gasteiger partial charge in [-0.25, -0.2) is 8.42 Å². The highest BCUT2D eigenvalue weighted by atomic mass is 32.2. The molecule has 130 valence electrons. The van der Waals surface area contributed by atoms with Crippen molar-refractivity contribution < 1.29 is 8.42 Å². The number of rotatable bonds is 2. The molecule has 4 heterocycles. The molecule has 0 atom stereocenters. The Bertz CT molecular complexity index is 1310. The molecule has 0 aliphatic carbocycles. The zero-order valence-corrected chi connectivity index (χ0v) is 17.3. The van der Waals surface area contributed by atoms with Crippen LogP contribution in [0.2, 0.25) is 0 Å². The van der Waals surface area contributed by atoms with E-state index >= 15 is 0 Å². The Morgan fingerprint density at radius 1 is 0.846 bits per heavy atom. The molecule has 26 heavy (non-hydrogen) atoms. The van der Waals surface area contributed by atoms with Crippen molar-refractivity contribution in [3.05, 3.63) is 56.4 Å². The van der Waals surface area contributed by atoms with Crippen LogP contribution in [-0.2, 0) is 9.84 Å². The molecule has 0 N–H and O–H groups in total. The minimum atomic E-state index is -3.43. The van der Waals surface area contributed by atoms with Crippen LogP contribution in [0.3, 0.4) is 0 Å². The molecule has 0 spiro atoms. The molecule has 5 rings (SSSR count). The number of thiophene rings is 3. The maximum Gasteiger partial charge on any atom is 0.201 e. The van der Waals surface area contributed by atoms with Gasteiger partial charge in [-0.05, 0) is 55.6 Å². The number of benzene rings is 1. The zero-order chi connectivity index (χ0) is 18.1. The topological polar surface area (TPSA) is 34.1 Å². The minimum Gasteiger partial charge on any atom is -0.219 e. The van der Waals surface area contributed by atoms with Gasteiger partial charge in [0.25, 0.3) is 0 Å². The van der Waals surface area contributed by atoms with Crippen LogP contribution in [0.4, 0.5) is 0 Å². The molecule has 1 aromatic carbocycles. The van der Waals surface area contributed by atoms with Crippen LogP contribution in [0.15, 0.2) is 46.0 Å². The van der Waals surface area contributed by atoms with Crippen LogP contribution in [0.5, 0.6) is 0 Å². The average molecular weight is 415 g/mol. The van der Waals surface area contributed by atoms with Crippen molar-refractivity contribution in [2.24, 2.45) is 0 Å². The number of hydrogen-bond donors (Lipinski definition) is 0. The lowest BCUT2D eigenvalue weighted by Crippen LogP contribution is -1.99. The molecule has 3 aromatic heterocycles. The summed E-state index contributed by atoms with van der Waals surface area (Å²) < 4.78 is 27.0.